The van der Waals surface area contributed by atoms with Gasteiger partial charge in [-0.15, -0.1) is 11.8 Å². The van der Waals surface area contributed by atoms with Gasteiger partial charge in [0.05, 0.1) is 6.61 Å². The number of rotatable bonds is 10. The van der Waals surface area contributed by atoms with Crippen molar-refractivity contribution in [1.29, 1.82) is 0 Å². The first-order chi connectivity index (χ1) is 10.4. The lowest BCUT2D eigenvalue weighted by Crippen LogP contribution is -2.22. The topological polar surface area (TPSA) is 18.5 Å². The molecule has 0 bridgehead atoms. The molecule has 1 saturated heterocycles. The van der Waals surface area contributed by atoms with Crippen molar-refractivity contribution in [2.45, 2.75) is 83.8 Å². The predicted octanol–water partition coefficient (Wildman–Crippen LogP) is 5.23. The third kappa shape index (κ3) is 11.5. The highest BCUT2D eigenvalue weighted by molar-refractivity contribution is 4.99. The molecule has 21 heavy (non-hydrogen) atoms. The zero-order chi connectivity index (χ0) is 15.0. The van der Waals surface area contributed by atoms with Gasteiger partial charge < -0.3 is 9.47 Å². The number of allylic oxidation sites excluding steroid dienone is 2. The summed E-state index contributed by atoms with van der Waals surface area (Å²) in [6.07, 6.45) is 17.5. The van der Waals surface area contributed by atoms with Crippen LogP contribution in [0.1, 0.15) is 77.6 Å². The minimum absolute atomic E-state index is 0.0263. The van der Waals surface area contributed by atoms with Crippen molar-refractivity contribution in [3.8, 4) is 11.8 Å². The van der Waals surface area contributed by atoms with Crippen LogP contribution in [0.2, 0.25) is 0 Å². The normalized spacial score (nSPS) is 18.6. The molecule has 0 amide bonds. The number of unbranched alkanes of at least 4 members (excludes halogenated alkanes) is 5. The second-order valence-corrected chi connectivity index (χ2v) is 5.63. The Hall–Kier alpha value is -0.780. The van der Waals surface area contributed by atoms with E-state index in [1.165, 1.54) is 44.9 Å². The molecule has 1 fully saturated rings. The molecule has 1 unspecified atom stereocenters. The van der Waals surface area contributed by atoms with Crippen LogP contribution in [0.15, 0.2) is 12.2 Å². The number of ether oxygens (including phenoxy) is 2. The molecule has 2 nitrogen and oxygen atoms in total. The molecule has 2 heteroatoms. The number of hydrogen-bond acceptors (Lipinski definition) is 2. The first-order valence-corrected chi connectivity index (χ1v) is 8.77. The molecular weight excluding hydrogens is 260 g/mol. The molecule has 0 spiro atoms. The van der Waals surface area contributed by atoms with Gasteiger partial charge in [-0.2, -0.15) is 0 Å². The molecular formula is C19H32O2. The Bertz CT molecular complexity index is 305. The second kappa shape index (κ2) is 14.2. The molecule has 0 saturated carbocycles. The lowest BCUT2D eigenvalue weighted by molar-refractivity contribution is -0.161. The van der Waals surface area contributed by atoms with Gasteiger partial charge in [-0.3, -0.25) is 0 Å². The van der Waals surface area contributed by atoms with Gasteiger partial charge in [-0.1, -0.05) is 31.9 Å². The summed E-state index contributed by atoms with van der Waals surface area (Å²) in [4.78, 5) is 0. The highest BCUT2D eigenvalue weighted by Crippen LogP contribution is 2.13. The van der Waals surface area contributed by atoms with Crippen LogP contribution in [-0.2, 0) is 9.47 Å². The van der Waals surface area contributed by atoms with E-state index >= 15 is 0 Å². The molecule has 1 rings (SSSR count). The van der Waals surface area contributed by atoms with E-state index in [0.717, 1.165) is 32.3 Å². The van der Waals surface area contributed by atoms with Crippen molar-refractivity contribution in [3.63, 3.8) is 0 Å². The quantitative estimate of drug-likeness (QED) is 0.312. The fourth-order valence-corrected chi connectivity index (χ4v) is 2.32. The van der Waals surface area contributed by atoms with Gasteiger partial charge in [-0.25, -0.2) is 0 Å². The SMILES string of the molecule is CCCCC/C=C\CCCC#CCCOC1CCCCO1. The van der Waals surface area contributed by atoms with Crippen molar-refractivity contribution >= 4 is 0 Å². The first kappa shape index (κ1) is 18.3. The van der Waals surface area contributed by atoms with Gasteiger partial charge in [0.1, 0.15) is 0 Å². The Balaban J connectivity index is 1.84. The molecule has 0 aromatic heterocycles. The Labute approximate surface area is 131 Å². The van der Waals surface area contributed by atoms with Gasteiger partial charge in [-0.05, 0) is 44.9 Å². The maximum Gasteiger partial charge on any atom is 0.157 e. The molecule has 1 heterocycles. The van der Waals surface area contributed by atoms with Crippen molar-refractivity contribution in [1.82, 2.24) is 0 Å². The van der Waals surface area contributed by atoms with Crippen LogP contribution in [0.25, 0.3) is 0 Å². The van der Waals surface area contributed by atoms with Crippen molar-refractivity contribution in [2.24, 2.45) is 0 Å². The molecule has 0 N–H and O–H groups in total. The van der Waals surface area contributed by atoms with E-state index in [2.05, 4.69) is 30.9 Å². The maximum absolute atomic E-state index is 5.64. The molecule has 1 aliphatic rings. The largest absolute Gasteiger partial charge is 0.353 e. The van der Waals surface area contributed by atoms with E-state index in [0.29, 0.717) is 6.61 Å². The summed E-state index contributed by atoms with van der Waals surface area (Å²) in [5.74, 6) is 6.42. The highest BCUT2D eigenvalue weighted by atomic mass is 16.7. The summed E-state index contributed by atoms with van der Waals surface area (Å²) in [5.41, 5.74) is 0. The fourth-order valence-electron chi connectivity index (χ4n) is 2.32. The average molecular weight is 292 g/mol. The first-order valence-electron chi connectivity index (χ1n) is 8.77. The molecule has 1 atom stereocenters. The standard InChI is InChI=1S/C19H32O2/c1-2-3-4-5-6-7-8-9-10-11-12-14-17-20-19-16-13-15-18-21-19/h6-7,19H,2-5,8-10,13-18H2,1H3/b7-6-. The molecule has 0 aromatic carbocycles. The minimum atomic E-state index is 0.0263. The van der Waals surface area contributed by atoms with Gasteiger partial charge >= 0.3 is 0 Å². The van der Waals surface area contributed by atoms with Crippen LogP contribution in [0.4, 0.5) is 0 Å². The maximum atomic E-state index is 5.64. The van der Waals surface area contributed by atoms with E-state index in [4.69, 9.17) is 9.47 Å². The third-order valence-corrected chi connectivity index (χ3v) is 3.61. The highest BCUT2D eigenvalue weighted by Gasteiger charge is 2.12. The zero-order valence-corrected chi connectivity index (χ0v) is 13.7. The monoisotopic (exact) mass is 292 g/mol. The predicted molar refractivity (Wildman–Crippen MR) is 89.1 cm³/mol. The summed E-state index contributed by atoms with van der Waals surface area (Å²) in [5, 5.41) is 0. The average Bonchev–Trinajstić information content (AvgIpc) is 2.53. The Morgan fingerprint density at radius 3 is 2.62 bits per heavy atom. The fraction of sp³-hybridized carbons (Fsp3) is 0.789. The van der Waals surface area contributed by atoms with E-state index in [1.807, 2.05) is 0 Å². The molecule has 0 aromatic rings. The van der Waals surface area contributed by atoms with Crippen LogP contribution >= 0.6 is 0 Å². The molecule has 1 aliphatic heterocycles. The van der Waals surface area contributed by atoms with E-state index in [1.54, 1.807) is 0 Å². The minimum Gasteiger partial charge on any atom is -0.353 e. The lowest BCUT2D eigenvalue weighted by atomic mass is 10.1. The van der Waals surface area contributed by atoms with Gasteiger partial charge in [0, 0.05) is 19.4 Å². The summed E-state index contributed by atoms with van der Waals surface area (Å²) < 4.78 is 11.1. The number of hydrogen-bond donors (Lipinski definition) is 0. The van der Waals surface area contributed by atoms with Gasteiger partial charge in [0.15, 0.2) is 6.29 Å². The van der Waals surface area contributed by atoms with E-state index in [-0.39, 0.29) is 6.29 Å². The van der Waals surface area contributed by atoms with Crippen LogP contribution < -0.4 is 0 Å². The van der Waals surface area contributed by atoms with Crippen molar-refractivity contribution < 1.29 is 9.47 Å². The van der Waals surface area contributed by atoms with Crippen molar-refractivity contribution in [2.75, 3.05) is 13.2 Å². The molecule has 0 radical (unpaired) electrons. The van der Waals surface area contributed by atoms with Crippen LogP contribution in [0.3, 0.4) is 0 Å². The summed E-state index contributed by atoms with van der Waals surface area (Å²) >= 11 is 0. The Kier molecular flexibility index (Phi) is 12.3. The van der Waals surface area contributed by atoms with Gasteiger partial charge in [0.2, 0.25) is 0 Å². The second-order valence-electron chi connectivity index (χ2n) is 5.63. The summed E-state index contributed by atoms with van der Waals surface area (Å²) in [7, 11) is 0. The summed E-state index contributed by atoms with van der Waals surface area (Å²) in [6.45, 7) is 3.80. The van der Waals surface area contributed by atoms with Crippen LogP contribution in [0.5, 0.6) is 0 Å². The molecule has 0 aliphatic carbocycles. The van der Waals surface area contributed by atoms with Crippen LogP contribution in [0, 0.1) is 11.8 Å². The third-order valence-electron chi connectivity index (χ3n) is 3.61. The van der Waals surface area contributed by atoms with Gasteiger partial charge in [0.25, 0.3) is 0 Å². The summed E-state index contributed by atoms with van der Waals surface area (Å²) in [6, 6.07) is 0. The Morgan fingerprint density at radius 1 is 1.05 bits per heavy atom. The zero-order valence-electron chi connectivity index (χ0n) is 13.7. The lowest BCUT2D eigenvalue weighted by Gasteiger charge is -2.22. The van der Waals surface area contributed by atoms with E-state index in [9.17, 15) is 0 Å². The smallest absolute Gasteiger partial charge is 0.157 e. The van der Waals surface area contributed by atoms with E-state index < -0.39 is 0 Å². The van der Waals surface area contributed by atoms with Crippen LogP contribution in [-0.4, -0.2) is 19.5 Å². The Morgan fingerprint density at radius 2 is 1.86 bits per heavy atom. The van der Waals surface area contributed by atoms with Crippen molar-refractivity contribution in [3.05, 3.63) is 12.2 Å². The molecule has 120 valence electrons.